The van der Waals surface area contributed by atoms with Gasteiger partial charge in [-0.1, -0.05) is 18.6 Å². The minimum absolute atomic E-state index is 1.13. The van der Waals surface area contributed by atoms with Gasteiger partial charge in [-0.15, -0.1) is 0 Å². The number of hydrogen-bond donors (Lipinski definition) is 1. The summed E-state index contributed by atoms with van der Waals surface area (Å²) >= 11 is 0. The molecule has 0 saturated carbocycles. The first-order chi connectivity index (χ1) is 5.40. The van der Waals surface area contributed by atoms with E-state index in [0.29, 0.717) is 0 Å². The monoisotopic (exact) mass is 148 g/mol. The number of nitrogens with zero attached hydrogens (tertiary/aromatic N) is 1. The van der Waals surface area contributed by atoms with Gasteiger partial charge >= 0.3 is 0 Å². The summed E-state index contributed by atoms with van der Waals surface area (Å²) in [6, 6.07) is 0. The zero-order valence-electron chi connectivity index (χ0n) is 6.72. The summed E-state index contributed by atoms with van der Waals surface area (Å²) in [6.07, 6.45) is 7.66. The number of fused-ring (bicyclic) bond motifs is 1. The van der Waals surface area contributed by atoms with Gasteiger partial charge in [0.05, 0.1) is 6.20 Å². The van der Waals surface area contributed by atoms with Crippen molar-refractivity contribution in [1.82, 2.24) is 10.2 Å². The molecule has 0 radical (unpaired) electrons. The summed E-state index contributed by atoms with van der Waals surface area (Å²) in [5, 5.41) is 7.01. The molecule has 0 unspecified atom stereocenters. The van der Waals surface area contributed by atoms with E-state index in [1.165, 1.54) is 24.1 Å². The van der Waals surface area contributed by atoms with Crippen molar-refractivity contribution < 1.29 is 0 Å². The van der Waals surface area contributed by atoms with Gasteiger partial charge in [0.2, 0.25) is 0 Å². The summed E-state index contributed by atoms with van der Waals surface area (Å²) in [4.78, 5) is 0. The molecule has 2 nitrogen and oxygen atoms in total. The maximum absolute atomic E-state index is 4.00. The van der Waals surface area contributed by atoms with Gasteiger partial charge in [0.1, 0.15) is 0 Å². The molecule has 1 aromatic heterocycles. The minimum atomic E-state index is 1.13. The highest BCUT2D eigenvalue weighted by atomic mass is 15.1. The topological polar surface area (TPSA) is 28.7 Å². The van der Waals surface area contributed by atoms with Crippen LogP contribution in [0.2, 0.25) is 0 Å². The molecule has 1 aliphatic rings. The molecule has 0 atom stereocenters. The molecule has 2 rings (SSSR count). The van der Waals surface area contributed by atoms with Crippen LogP contribution in [-0.2, 0) is 6.42 Å². The Morgan fingerprint density at radius 1 is 1.55 bits per heavy atom. The number of hydrogen-bond acceptors (Lipinski definition) is 1. The van der Waals surface area contributed by atoms with Crippen molar-refractivity contribution in [2.45, 2.75) is 26.2 Å². The molecule has 2 heteroatoms. The molecule has 0 amide bonds. The van der Waals surface area contributed by atoms with E-state index in [4.69, 9.17) is 0 Å². The van der Waals surface area contributed by atoms with Crippen molar-refractivity contribution in [2.24, 2.45) is 0 Å². The molecule has 1 aliphatic carbocycles. The number of nitrogens with one attached hydrogen (secondary N) is 1. The lowest BCUT2D eigenvalue weighted by molar-refractivity contribution is 0.840. The molecule has 0 aromatic carbocycles. The van der Waals surface area contributed by atoms with Gasteiger partial charge in [-0.2, -0.15) is 5.10 Å². The Kier molecular flexibility index (Phi) is 1.53. The van der Waals surface area contributed by atoms with Crippen LogP contribution >= 0.6 is 0 Å². The Bertz CT molecular complexity index is 284. The number of aromatic amines is 1. The third-order valence-electron chi connectivity index (χ3n) is 2.26. The molecule has 0 fully saturated rings. The lowest BCUT2D eigenvalue weighted by Crippen LogP contribution is -1.96. The van der Waals surface area contributed by atoms with Crippen LogP contribution in [0.3, 0.4) is 0 Å². The first kappa shape index (κ1) is 6.65. The standard InChI is InChI=1S/C9H12N2/c1-2-7-3-4-9-8(5-7)6-10-11-9/h5-6H,2-4H2,1H3,(H,10,11). The van der Waals surface area contributed by atoms with Crippen LogP contribution < -0.4 is 0 Å². The van der Waals surface area contributed by atoms with E-state index in [0.717, 1.165) is 6.42 Å². The van der Waals surface area contributed by atoms with E-state index in [1.807, 2.05) is 6.20 Å². The Morgan fingerprint density at radius 2 is 2.45 bits per heavy atom. The number of allylic oxidation sites excluding steroid dienone is 1. The van der Waals surface area contributed by atoms with Gasteiger partial charge in [0.25, 0.3) is 0 Å². The van der Waals surface area contributed by atoms with Crippen molar-refractivity contribution in [3.05, 3.63) is 23.0 Å². The zero-order chi connectivity index (χ0) is 7.68. The van der Waals surface area contributed by atoms with E-state index in [9.17, 15) is 0 Å². The molecule has 1 aromatic rings. The predicted octanol–water partition coefficient (Wildman–Crippen LogP) is 2.15. The summed E-state index contributed by atoms with van der Waals surface area (Å²) in [5.74, 6) is 0. The Balaban J connectivity index is 2.37. The average molecular weight is 148 g/mol. The van der Waals surface area contributed by atoms with Crippen LogP contribution in [0.1, 0.15) is 31.0 Å². The fraction of sp³-hybridized carbons (Fsp3) is 0.444. The van der Waals surface area contributed by atoms with Crippen LogP contribution in [0.15, 0.2) is 11.8 Å². The van der Waals surface area contributed by atoms with Crippen molar-refractivity contribution >= 4 is 6.08 Å². The maximum atomic E-state index is 4.00. The number of H-pyrrole nitrogens is 1. The Hall–Kier alpha value is -1.05. The highest BCUT2D eigenvalue weighted by molar-refractivity contribution is 5.56. The third-order valence-corrected chi connectivity index (χ3v) is 2.26. The zero-order valence-corrected chi connectivity index (χ0v) is 6.72. The molecule has 0 saturated heterocycles. The Labute approximate surface area is 66.3 Å². The van der Waals surface area contributed by atoms with Crippen molar-refractivity contribution in [2.75, 3.05) is 0 Å². The summed E-state index contributed by atoms with van der Waals surface area (Å²) in [5.41, 5.74) is 4.12. The second-order valence-electron chi connectivity index (χ2n) is 2.96. The maximum Gasteiger partial charge on any atom is 0.0562 e. The molecule has 0 spiro atoms. The highest BCUT2D eigenvalue weighted by Gasteiger charge is 2.09. The van der Waals surface area contributed by atoms with E-state index < -0.39 is 0 Å². The molecule has 0 bridgehead atoms. The minimum Gasteiger partial charge on any atom is -0.282 e. The fourth-order valence-electron chi connectivity index (χ4n) is 1.50. The highest BCUT2D eigenvalue weighted by Crippen LogP contribution is 2.23. The SMILES string of the molecule is CCC1=Cc2cn[nH]c2CC1. The molecule has 1 heterocycles. The molecular formula is C9H12N2. The molecule has 1 N–H and O–H groups in total. The quantitative estimate of drug-likeness (QED) is 0.649. The third kappa shape index (κ3) is 1.09. The Morgan fingerprint density at radius 3 is 3.27 bits per heavy atom. The predicted molar refractivity (Wildman–Crippen MR) is 45.2 cm³/mol. The number of rotatable bonds is 1. The second-order valence-corrected chi connectivity index (χ2v) is 2.96. The largest absolute Gasteiger partial charge is 0.282 e. The fourth-order valence-corrected chi connectivity index (χ4v) is 1.50. The van der Waals surface area contributed by atoms with E-state index in [2.05, 4.69) is 23.2 Å². The van der Waals surface area contributed by atoms with E-state index >= 15 is 0 Å². The number of aromatic nitrogens is 2. The van der Waals surface area contributed by atoms with Crippen molar-refractivity contribution in [3.63, 3.8) is 0 Å². The normalized spacial score (nSPS) is 15.9. The summed E-state index contributed by atoms with van der Waals surface area (Å²) in [7, 11) is 0. The van der Waals surface area contributed by atoms with Gasteiger partial charge in [-0.25, -0.2) is 0 Å². The van der Waals surface area contributed by atoms with Crippen molar-refractivity contribution in [1.29, 1.82) is 0 Å². The molecule has 0 aliphatic heterocycles. The van der Waals surface area contributed by atoms with E-state index in [-0.39, 0.29) is 0 Å². The van der Waals surface area contributed by atoms with Gasteiger partial charge in [-0.05, 0) is 19.3 Å². The first-order valence-electron chi connectivity index (χ1n) is 4.12. The van der Waals surface area contributed by atoms with Crippen molar-refractivity contribution in [3.8, 4) is 0 Å². The van der Waals surface area contributed by atoms with Crippen LogP contribution in [0.5, 0.6) is 0 Å². The summed E-state index contributed by atoms with van der Waals surface area (Å²) in [6.45, 7) is 2.21. The van der Waals surface area contributed by atoms with Crippen LogP contribution in [0.25, 0.3) is 6.08 Å². The second kappa shape index (κ2) is 2.53. The van der Waals surface area contributed by atoms with Gasteiger partial charge < -0.3 is 0 Å². The molecule has 11 heavy (non-hydrogen) atoms. The summed E-state index contributed by atoms with van der Waals surface area (Å²) < 4.78 is 0. The smallest absolute Gasteiger partial charge is 0.0562 e. The average Bonchev–Trinajstić information content (AvgIpc) is 2.50. The van der Waals surface area contributed by atoms with Crippen LogP contribution in [0.4, 0.5) is 0 Å². The van der Waals surface area contributed by atoms with Gasteiger partial charge in [-0.3, -0.25) is 5.10 Å². The molecular weight excluding hydrogens is 136 g/mol. The van der Waals surface area contributed by atoms with E-state index in [1.54, 1.807) is 5.57 Å². The molecule has 58 valence electrons. The lowest BCUT2D eigenvalue weighted by atomic mass is 9.96. The number of aryl methyl sites for hydroxylation is 1. The van der Waals surface area contributed by atoms with Crippen LogP contribution in [0, 0.1) is 0 Å². The van der Waals surface area contributed by atoms with Crippen LogP contribution in [-0.4, -0.2) is 10.2 Å². The first-order valence-corrected chi connectivity index (χ1v) is 4.12. The van der Waals surface area contributed by atoms with Gasteiger partial charge in [0, 0.05) is 11.3 Å². The van der Waals surface area contributed by atoms with Gasteiger partial charge in [0.15, 0.2) is 0 Å². The lowest BCUT2D eigenvalue weighted by Gasteiger charge is -2.09.